The van der Waals surface area contributed by atoms with Crippen LogP contribution in [-0.4, -0.2) is 54.6 Å². The average molecular weight is 297 g/mol. The number of nitrogen functional groups attached to an aromatic ring is 1. The molecule has 21 heavy (non-hydrogen) atoms. The number of nitrogens with zero attached hydrogens (tertiary/aromatic N) is 3. The normalized spacial score (nSPS) is 17.5. The summed E-state index contributed by atoms with van der Waals surface area (Å²) in [6.07, 6.45) is 1.24. The predicted molar refractivity (Wildman–Crippen MR) is 78.8 cm³/mol. The summed E-state index contributed by atoms with van der Waals surface area (Å²) in [4.78, 5) is 10.5. The molecular formula is C13H23N5O3. The van der Waals surface area contributed by atoms with E-state index < -0.39 is 5.60 Å². The van der Waals surface area contributed by atoms with Crippen LogP contribution < -0.4 is 16.2 Å². The first-order chi connectivity index (χ1) is 10.1. The number of likely N-dealkylation sites (N-methyl/N-ethyl adjacent to an activating group) is 1. The first-order valence-corrected chi connectivity index (χ1v) is 6.91. The summed E-state index contributed by atoms with van der Waals surface area (Å²) in [5.41, 5.74) is 1.76. The first-order valence-electron chi connectivity index (χ1n) is 6.91. The highest BCUT2D eigenvalue weighted by Crippen LogP contribution is 2.24. The van der Waals surface area contributed by atoms with Crippen molar-refractivity contribution in [2.45, 2.75) is 25.0 Å². The van der Waals surface area contributed by atoms with Gasteiger partial charge in [0.15, 0.2) is 5.82 Å². The zero-order valence-electron chi connectivity index (χ0n) is 12.5. The van der Waals surface area contributed by atoms with E-state index in [2.05, 4.69) is 15.4 Å². The van der Waals surface area contributed by atoms with Gasteiger partial charge in [-0.3, -0.25) is 0 Å². The number of rotatable bonds is 6. The Morgan fingerprint density at radius 2 is 2.19 bits per heavy atom. The summed E-state index contributed by atoms with van der Waals surface area (Å²) < 4.78 is 10.3. The second-order valence-electron chi connectivity index (χ2n) is 5.30. The van der Waals surface area contributed by atoms with Gasteiger partial charge in [0.2, 0.25) is 0 Å². The number of aliphatic hydroxyl groups is 1. The number of hydrogen-bond acceptors (Lipinski definition) is 8. The summed E-state index contributed by atoms with van der Waals surface area (Å²) in [6.45, 7) is 1.94. The van der Waals surface area contributed by atoms with Gasteiger partial charge in [-0.05, 0) is 0 Å². The molecule has 1 aliphatic heterocycles. The molecule has 2 heterocycles. The lowest BCUT2D eigenvalue weighted by Gasteiger charge is -2.35. The minimum atomic E-state index is -0.754. The first kappa shape index (κ1) is 15.9. The van der Waals surface area contributed by atoms with Crippen molar-refractivity contribution >= 4 is 11.6 Å². The van der Waals surface area contributed by atoms with E-state index in [0.717, 1.165) is 0 Å². The fourth-order valence-electron chi connectivity index (χ4n) is 2.38. The molecular weight excluding hydrogens is 274 g/mol. The van der Waals surface area contributed by atoms with Crippen molar-refractivity contribution in [2.75, 3.05) is 44.2 Å². The Kier molecular flexibility index (Phi) is 5.29. The Hall–Kier alpha value is -1.48. The Labute approximate surface area is 124 Å². The van der Waals surface area contributed by atoms with Crippen LogP contribution in [0.1, 0.15) is 18.7 Å². The average Bonchev–Trinajstić information content (AvgIpc) is 2.47. The van der Waals surface area contributed by atoms with Crippen molar-refractivity contribution in [3.05, 3.63) is 11.9 Å². The maximum Gasteiger partial charge on any atom is 0.158 e. The van der Waals surface area contributed by atoms with Crippen LogP contribution in [0.25, 0.3) is 0 Å². The highest BCUT2D eigenvalue weighted by atomic mass is 16.5. The summed E-state index contributed by atoms with van der Waals surface area (Å²) in [5.74, 6) is 7.16. The lowest BCUT2D eigenvalue weighted by Crippen LogP contribution is -2.46. The van der Waals surface area contributed by atoms with E-state index in [0.29, 0.717) is 56.7 Å². The minimum Gasteiger partial charge on any atom is -0.388 e. The maximum atomic E-state index is 10.6. The van der Waals surface area contributed by atoms with Gasteiger partial charge < -0.3 is 24.9 Å². The van der Waals surface area contributed by atoms with Crippen molar-refractivity contribution in [3.63, 3.8) is 0 Å². The quantitative estimate of drug-likeness (QED) is 0.493. The van der Waals surface area contributed by atoms with Crippen LogP contribution in [0, 0.1) is 0 Å². The number of anilines is 2. The number of hydrogen-bond donors (Lipinski definition) is 3. The van der Waals surface area contributed by atoms with Gasteiger partial charge in [0.25, 0.3) is 0 Å². The zero-order valence-corrected chi connectivity index (χ0v) is 12.5. The SMILES string of the molecule is COCc1nc(NN)cc(N(C)CC2(O)CCOCC2)n1. The van der Waals surface area contributed by atoms with Crippen molar-refractivity contribution in [1.29, 1.82) is 0 Å². The standard InChI is InChI=1S/C13H23N5O3/c1-18(9-13(19)3-5-21-6-4-13)12-7-10(17-14)15-11(16-12)8-20-2/h7,19H,3-6,8-9,14H2,1-2H3,(H,15,16,17). The molecule has 2 rings (SSSR count). The van der Waals surface area contributed by atoms with Gasteiger partial charge in [-0.25, -0.2) is 15.8 Å². The van der Waals surface area contributed by atoms with Gasteiger partial charge in [0.1, 0.15) is 18.2 Å². The van der Waals surface area contributed by atoms with Gasteiger partial charge in [-0.2, -0.15) is 0 Å². The molecule has 1 saturated heterocycles. The molecule has 0 spiro atoms. The molecule has 0 radical (unpaired) electrons. The second kappa shape index (κ2) is 6.99. The molecule has 1 aliphatic rings. The van der Waals surface area contributed by atoms with Gasteiger partial charge >= 0.3 is 0 Å². The topological polar surface area (TPSA) is 106 Å². The highest BCUT2D eigenvalue weighted by Gasteiger charge is 2.31. The molecule has 0 amide bonds. The number of aromatic nitrogens is 2. The van der Waals surface area contributed by atoms with E-state index in [1.165, 1.54) is 0 Å². The van der Waals surface area contributed by atoms with Gasteiger partial charge in [-0.15, -0.1) is 0 Å². The smallest absolute Gasteiger partial charge is 0.158 e. The molecule has 0 saturated carbocycles. The van der Waals surface area contributed by atoms with Crippen molar-refractivity contribution < 1.29 is 14.6 Å². The fourth-order valence-corrected chi connectivity index (χ4v) is 2.38. The number of nitrogens with two attached hydrogens (primary N) is 1. The molecule has 1 aromatic rings. The largest absolute Gasteiger partial charge is 0.388 e. The van der Waals surface area contributed by atoms with Crippen molar-refractivity contribution in [3.8, 4) is 0 Å². The van der Waals surface area contributed by atoms with E-state index in [1.54, 1.807) is 13.2 Å². The molecule has 8 heteroatoms. The van der Waals surface area contributed by atoms with E-state index in [9.17, 15) is 5.11 Å². The predicted octanol–water partition coefficient (Wildman–Crippen LogP) is -0.114. The van der Waals surface area contributed by atoms with Crippen LogP contribution in [0.5, 0.6) is 0 Å². The molecule has 1 aromatic heterocycles. The maximum absolute atomic E-state index is 10.6. The third-order valence-corrected chi connectivity index (χ3v) is 3.53. The van der Waals surface area contributed by atoms with Crippen molar-refractivity contribution in [1.82, 2.24) is 9.97 Å². The van der Waals surface area contributed by atoms with Gasteiger partial charge in [-0.1, -0.05) is 0 Å². The number of hydrazine groups is 1. The van der Waals surface area contributed by atoms with Crippen molar-refractivity contribution in [2.24, 2.45) is 5.84 Å². The summed E-state index contributed by atoms with van der Waals surface area (Å²) in [7, 11) is 3.46. The Morgan fingerprint density at radius 3 is 2.81 bits per heavy atom. The molecule has 0 atom stereocenters. The van der Waals surface area contributed by atoms with E-state index in [4.69, 9.17) is 15.3 Å². The molecule has 8 nitrogen and oxygen atoms in total. The molecule has 4 N–H and O–H groups in total. The summed E-state index contributed by atoms with van der Waals surface area (Å²) in [6, 6.07) is 1.74. The Morgan fingerprint density at radius 1 is 1.48 bits per heavy atom. The third-order valence-electron chi connectivity index (χ3n) is 3.53. The molecule has 1 fully saturated rings. The lowest BCUT2D eigenvalue weighted by atomic mass is 9.94. The van der Waals surface area contributed by atoms with Crippen LogP contribution in [0.4, 0.5) is 11.6 Å². The lowest BCUT2D eigenvalue weighted by molar-refractivity contribution is -0.0573. The summed E-state index contributed by atoms with van der Waals surface area (Å²) >= 11 is 0. The molecule has 0 aromatic carbocycles. The number of methoxy groups -OCH3 is 1. The fraction of sp³-hybridized carbons (Fsp3) is 0.692. The van der Waals surface area contributed by atoms with Crippen LogP contribution in [0.3, 0.4) is 0 Å². The third kappa shape index (κ3) is 4.24. The van der Waals surface area contributed by atoms with Crippen LogP contribution >= 0.6 is 0 Å². The molecule has 118 valence electrons. The van der Waals surface area contributed by atoms with Crippen LogP contribution in [0.15, 0.2) is 6.07 Å². The molecule has 0 bridgehead atoms. The van der Waals surface area contributed by atoms with E-state index in [1.807, 2.05) is 11.9 Å². The zero-order chi connectivity index (χ0) is 15.3. The van der Waals surface area contributed by atoms with Gasteiger partial charge in [0, 0.05) is 52.8 Å². The molecule has 0 aliphatic carbocycles. The van der Waals surface area contributed by atoms with E-state index in [-0.39, 0.29) is 0 Å². The van der Waals surface area contributed by atoms with Gasteiger partial charge in [0.05, 0.1) is 5.60 Å². The number of nitrogens with one attached hydrogen (secondary N) is 1. The van der Waals surface area contributed by atoms with Crippen LogP contribution in [-0.2, 0) is 16.1 Å². The summed E-state index contributed by atoms with van der Waals surface area (Å²) in [5, 5.41) is 10.6. The second-order valence-corrected chi connectivity index (χ2v) is 5.30. The number of ether oxygens (including phenoxy) is 2. The Bertz CT molecular complexity index is 465. The van der Waals surface area contributed by atoms with Crippen LogP contribution in [0.2, 0.25) is 0 Å². The van der Waals surface area contributed by atoms with E-state index >= 15 is 0 Å². The monoisotopic (exact) mass is 297 g/mol. The minimum absolute atomic E-state index is 0.300. The Balaban J connectivity index is 2.13. The highest BCUT2D eigenvalue weighted by molar-refractivity contribution is 5.48. The molecule has 0 unspecified atom stereocenters.